The summed E-state index contributed by atoms with van der Waals surface area (Å²) in [4.78, 5) is 0. The molecule has 23 heavy (non-hydrogen) atoms. The quantitative estimate of drug-likeness (QED) is 0.876. The van der Waals surface area contributed by atoms with Crippen LogP contribution >= 0.6 is 12.4 Å². The molecule has 0 aliphatic carbocycles. The third-order valence-electron chi connectivity index (χ3n) is 3.45. The van der Waals surface area contributed by atoms with E-state index in [4.69, 9.17) is 9.47 Å². The fourth-order valence-corrected chi connectivity index (χ4v) is 2.36. The second kappa shape index (κ2) is 7.59. The van der Waals surface area contributed by atoms with E-state index in [1.54, 1.807) is 0 Å². The van der Waals surface area contributed by atoms with Crippen LogP contribution in [0.25, 0.3) is 0 Å². The van der Waals surface area contributed by atoms with Crippen LogP contribution in [0.1, 0.15) is 17.2 Å². The summed E-state index contributed by atoms with van der Waals surface area (Å²) < 4.78 is 37.1. The summed E-state index contributed by atoms with van der Waals surface area (Å²) in [5.74, 6) is -0.0630. The Morgan fingerprint density at radius 1 is 1.17 bits per heavy atom. The summed E-state index contributed by atoms with van der Waals surface area (Å²) in [6.07, 6.45) is -1.06. The number of para-hydroxylation sites is 1. The van der Waals surface area contributed by atoms with Crippen LogP contribution in [0.3, 0.4) is 0 Å². The van der Waals surface area contributed by atoms with E-state index < -0.39 is 17.7 Å². The van der Waals surface area contributed by atoms with Gasteiger partial charge in [0.15, 0.2) is 11.5 Å². The van der Waals surface area contributed by atoms with Gasteiger partial charge in [0.2, 0.25) is 6.79 Å². The number of fused-ring (bicyclic) bond motifs is 1. The number of aliphatic hydroxyl groups excluding tert-OH is 1. The lowest BCUT2D eigenvalue weighted by molar-refractivity contribution is 0.167. The van der Waals surface area contributed by atoms with Crippen molar-refractivity contribution >= 4 is 12.4 Å². The molecule has 0 spiro atoms. The van der Waals surface area contributed by atoms with Crippen molar-refractivity contribution in [1.82, 2.24) is 5.32 Å². The first-order chi connectivity index (χ1) is 10.6. The van der Waals surface area contributed by atoms with Crippen molar-refractivity contribution in [2.75, 3.05) is 13.3 Å². The highest BCUT2D eigenvalue weighted by Gasteiger charge is 2.18. The van der Waals surface area contributed by atoms with Crippen molar-refractivity contribution in [2.24, 2.45) is 0 Å². The Bertz CT molecular complexity index is 684. The van der Waals surface area contributed by atoms with Crippen LogP contribution in [0, 0.1) is 11.6 Å². The topological polar surface area (TPSA) is 50.7 Å². The van der Waals surface area contributed by atoms with E-state index in [0.29, 0.717) is 18.0 Å². The highest BCUT2D eigenvalue weighted by molar-refractivity contribution is 5.85. The first kappa shape index (κ1) is 17.5. The highest BCUT2D eigenvalue weighted by atomic mass is 35.5. The molecule has 124 valence electrons. The lowest BCUT2D eigenvalue weighted by Crippen LogP contribution is -2.22. The maximum atomic E-state index is 13.6. The van der Waals surface area contributed by atoms with Gasteiger partial charge in [0.1, 0.15) is 11.6 Å². The van der Waals surface area contributed by atoms with Gasteiger partial charge in [0.05, 0.1) is 6.10 Å². The molecule has 2 aromatic rings. The van der Waals surface area contributed by atoms with Crippen molar-refractivity contribution in [1.29, 1.82) is 0 Å². The number of nitrogens with one attached hydrogen (secondary N) is 1. The normalized spacial score (nSPS) is 13.5. The fourth-order valence-electron chi connectivity index (χ4n) is 2.36. The lowest BCUT2D eigenvalue weighted by atomic mass is 10.1. The van der Waals surface area contributed by atoms with Crippen LogP contribution in [0.5, 0.6) is 11.5 Å². The third kappa shape index (κ3) is 3.90. The zero-order valence-electron chi connectivity index (χ0n) is 12.1. The molecule has 0 aromatic heterocycles. The molecule has 4 nitrogen and oxygen atoms in total. The standard InChI is InChI=1S/C16H15F2NO3.ClH/c17-11-4-5-12(13(18)6-11)14(20)8-19-7-10-2-1-3-15-16(10)22-9-21-15;/h1-6,14,19-20H,7-9H2;1H. The van der Waals surface area contributed by atoms with E-state index in [-0.39, 0.29) is 31.3 Å². The molecule has 0 bridgehead atoms. The zero-order valence-corrected chi connectivity index (χ0v) is 12.9. The Morgan fingerprint density at radius 3 is 2.78 bits per heavy atom. The first-order valence-electron chi connectivity index (χ1n) is 6.86. The monoisotopic (exact) mass is 343 g/mol. The minimum atomic E-state index is -1.06. The molecule has 1 atom stereocenters. The van der Waals surface area contributed by atoms with Crippen molar-refractivity contribution in [2.45, 2.75) is 12.6 Å². The van der Waals surface area contributed by atoms with Gasteiger partial charge in [-0.3, -0.25) is 0 Å². The number of hydrogen-bond donors (Lipinski definition) is 2. The smallest absolute Gasteiger partial charge is 0.231 e. The van der Waals surface area contributed by atoms with Crippen LogP contribution in [0.2, 0.25) is 0 Å². The summed E-state index contributed by atoms with van der Waals surface area (Å²) in [6, 6.07) is 8.67. The molecule has 2 N–H and O–H groups in total. The van der Waals surface area contributed by atoms with E-state index in [9.17, 15) is 13.9 Å². The molecule has 0 amide bonds. The SMILES string of the molecule is Cl.OC(CNCc1cccc2c1OCO2)c1ccc(F)cc1F. The summed E-state index contributed by atoms with van der Waals surface area (Å²) >= 11 is 0. The number of aliphatic hydroxyl groups is 1. The Labute approximate surface area is 138 Å². The van der Waals surface area contributed by atoms with Crippen LogP contribution in [0.4, 0.5) is 8.78 Å². The number of rotatable bonds is 5. The Balaban J connectivity index is 0.00000192. The van der Waals surface area contributed by atoms with E-state index >= 15 is 0 Å². The van der Waals surface area contributed by atoms with E-state index in [2.05, 4.69) is 5.32 Å². The molecular formula is C16H16ClF2NO3. The molecule has 2 aromatic carbocycles. The second-order valence-electron chi connectivity index (χ2n) is 4.96. The van der Waals surface area contributed by atoms with Gasteiger partial charge in [-0.15, -0.1) is 12.4 Å². The fraction of sp³-hybridized carbons (Fsp3) is 0.250. The maximum Gasteiger partial charge on any atom is 0.231 e. The predicted molar refractivity (Wildman–Crippen MR) is 82.8 cm³/mol. The van der Waals surface area contributed by atoms with Crippen LogP contribution in [0.15, 0.2) is 36.4 Å². The minimum Gasteiger partial charge on any atom is -0.454 e. The van der Waals surface area contributed by atoms with Crippen LogP contribution < -0.4 is 14.8 Å². The van der Waals surface area contributed by atoms with Crippen molar-refractivity contribution in [3.63, 3.8) is 0 Å². The molecular weight excluding hydrogens is 328 g/mol. The van der Waals surface area contributed by atoms with Gasteiger partial charge >= 0.3 is 0 Å². The molecule has 1 heterocycles. The maximum absolute atomic E-state index is 13.6. The second-order valence-corrected chi connectivity index (χ2v) is 4.96. The molecule has 1 aliphatic heterocycles. The number of ether oxygens (including phenoxy) is 2. The lowest BCUT2D eigenvalue weighted by Gasteiger charge is -2.14. The molecule has 0 saturated carbocycles. The number of halogens is 3. The largest absolute Gasteiger partial charge is 0.454 e. The highest BCUT2D eigenvalue weighted by Crippen LogP contribution is 2.35. The minimum absolute atomic E-state index is 0. The molecule has 1 unspecified atom stereocenters. The summed E-state index contributed by atoms with van der Waals surface area (Å²) in [6.45, 7) is 0.759. The van der Waals surface area contributed by atoms with Gasteiger partial charge in [0, 0.05) is 30.3 Å². The predicted octanol–water partition coefficient (Wildman–Crippen LogP) is 2.94. The summed E-state index contributed by atoms with van der Waals surface area (Å²) in [5, 5.41) is 13.0. The summed E-state index contributed by atoms with van der Waals surface area (Å²) in [5.41, 5.74) is 0.952. The molecule has 7 heteroatoms. The van der Waals surface area contributed by atoms with Gasteiger partial charge in [0.25, 0.3) is 0 Å². The van der Waals surface area contributed by atoms with E-state index in [0.717, 1.165) is 17.7 Å². The molecule has 0 saturated heterocycles. The molecule has 0 radical (unpaired) electrons. The molecule has 1 aliphatic rings. The zero-order chi connectivity index (χ0) is 15.5. The Kier molecular flexibility index (Phi) is 5.76. The van der Waals surface area contributed by atoms with Crippen molar-refractivity contribution < 1.29 is 23.4 Å². The molecule has 3 rings (SSSR count). The Hall–Kier alpha value is -1.89. The average molecular weight is 344 g/mol. The number of benzene rings is 2. The molecule has 0 fully saturated rings. The first-order valence-corrected chi connectivity index (χ1v) is 6.86. The third-order valence-corrected chi connectivity index (χ3v) is 3.45. The van der Waals surface area contributed by atoms with Crippen LogP contribution in [-0.4, -0.2) is 18.4 Å². The van der Waals surface area contributed by atoms with Gasteiger partial charge < -0.3 is 19.9 Å². The van der Waals surface area contributed by atoms with Gasteiger partial charge in [-0.1, -0.05) is 18.2 Å². The van der Waals surface area contributed by atoms with Gasteiger partial charge in [-0.05, 0) is 12.1 Å². The average Bonchev–Trinajstić information content (AvgIpc) is 2.96. The summed E-state index contributed by atoms with van der Waals surface area (Å²) in [7, 11) is 0. The van der Waals surface area contributed by atoms with Gasteiger partial charge in [-0.25, -0.2) is 8.78 Å². The van der Waals surface area contributed by atoms with E-state index in [1.165, 1.54) is 6.07 Å². The van der Waals surface area contributed by atoms with Crippen molar-refractivity contribution in [3.8, 4) is 11.5 Å². The Morgan fingerprint density at radius 2 is 2.00 bits per heavy atom. The number of hydrogen-bond acceptors (Lipinski definition) is 4. The van der Waals surface area contributed by atoms with Gasteiger partial charge in [-0.2, -0.15) is 0 Å². The van der Waals surface area contributed by atoms with Crippen molar-refractivity contribution in [3.05, 3.63) is 59.2 Å². The van der Waals surface area contributed by atoms with E-state index in [1.807, 2.05) is 18.2 Å². The van der Waals surface area contributed by atoms with Crippen LogP contribution in [-0.2, 0) is 6.54 Å².